The Bertz CT molecular complexity index is 343. The van der Waals surface area contributed by atoms with E-state index in [1.54, 1.807) is 24.3 Å². The summed E-state index contributed by atoms with van der Waals surface area (Å²) in [5.41, 5.74) is 6.50. The van der Waals surface area contributed by atoms with Crippen molar-refractivity contribution in [2.75, 3.05) is 12.8 Å². The Kier molecular flexibility index (Phi) is 3.23. The van der Waals surface area contributed by atoms with Crippen LogP contribution in [-0.4, -0.2) is 18.9 Å². The first kappa shape index (κ1) is 10.2. The summed E-state index contributed by atoms with van der Waals surface area (Å²) in [6.45, 7) is 0. The largest absolute Gasteiger partial charge is 0.469 e. The highest BCUT2D eigenvalue weighted by Gasteiger charge is 2.11. The van der Waals surface area contributed by atoms with Crippen LogP contribution in [0.25, 0.3) is 0 Å². The topological polar surface area (TPSA) is 69.4 Å². The average molecular weight is 193 g/mol. The van der Waals surface area contributed by atoms with E-state index in [0.29, 0.717) is 11.3 Å². The van der Waals surface area contributed by atoms with Gasteiger partial charge in [0.2, 0.25) is 0 Å². The smallest absolute Gasteiger partial charge is 0.313 e. The van der Waals surface area contributed by atoms with Crippen molar-refractivity contribution in [3.8, 4) is 0 Å². The van der Waals surface area contributed by atoms with E-state index in [1.807, 2.05) is 0 Å². The van der Waals surface area contributed by atoms with Crippen molar-refractivity contribution < 1.29 is 14.3 Å². The third-order valence-electron chi connectivity index (χ3n) is 1.77. The number of methoxy groups -OCH3 is 1. The summed E-state index contributed by atoms with van der Waals surface area (Å²) in [5.74, 6) is -0.802. The number of carbonyl (C=O) groups excluding carboxylic acids is 2. The summed E-state index contributed by atoms with van der Waals surface area (Å²) in [6.07, 6.45) is -0.236. The Balaban J connectivity index is 2.70. The SMILES string of the molecule is COC(=O)CC(=O)c1ccc(N)cc1. The van der Waals surface area contributed by atoms with Crippen molar-refractivity contribution in [3.63, 3.8) is 0 Å². The molecule has 0 aromatic heterocycles. The highest BCUT2D eigenvalue weighted by atomic mass is 16.5. The molecule has 0 spiro atoms. The number of carbonyl (C=O) groups is 2. The summed E-state index contributed by atoms with van der Waals surface area (Å²) < 4.78 is 4.38. The van der Waals surface area contributed by atoms with Crippen LogP contribution in [0.3, 0.4) is 0 Å². The minimum absolute atomic E-state index is 0.236. The van der Waals surface area contributed by atoms with Crippen molar-refractivity contribution in [1.82, 2.24) is 0 Å². The summed E-state index contributed by atoms with van der Waals surface area (Å²) in [7, 11) is 1.25. The van der Waals surface area contributed by atoms with E-state index >= 15 is 0 Å². The molecule has 0 radical (unpaired) electrons. The molecule has 0 heterocycles. The van der Waals surface area contributed by atoms with Gasteiger partial charge in [0, 0.05) is 11.3 Å². The van der Waals surface area contributed by atoms with Crippen molar-refractivity contribution in [2.24, 2.45) is 0 Å². The second-order valence-electron chi connectivity index (χ2n) is 2.80. The summed E-state index contributed by atoms with van der Waals surface area (Å²) in [6, 6.07) is 6.40. The van der Waals surface area contributed by atoms with Gasteiger partial charge in [-0.2, -0.15) is 0 Å². The quantitative estimate of drug-likeness (QED) is 0.336. The summed E-state index contributed by atoms with van der Waals surface area (Å²) >= 11 is 0. The molecular formula is C10H11NO3. The summed E-state index contributed by atoms with van der Waals surface area (Å²) in [5, 5.41) is 0. The maximum absolute atomic E-state index is 11.4. The number of ether oxygens (including phenoxy) is 1. The maximum atomic E-state index is 11.4. The lowest BCUT2D eigenvalue weighted by Crippen LogP contribution is -2.09. The van der Waals surface area contributed by atoms with Crippen LogP contribution in [0.5, 0.6) is 0 Å². The van der Waals surface area contributed by atoms with E-state index in [1.165, 1.54) is 7.11 Å². The Labute approximate surface area is 81.7 Å². The monoisotopic (exact) mass is 193 g/mol. The van der Waals surface area contributed by atoms with Crippen molar-refractivity contribution >= 4 is 17.4 Å². The molecule has 1 aromatic rings. The van der Waals surface area contributed by atoms with Crippen LogP contribution in [-0.2, 0) is 9.53 Å². The van der Waals surface area contributed by atoms with Crippen LogP contribution in [0.4, 0.5) is 5.69 Å². The van der Waals surface area contributed by atoms with Gasteiger partial charge < -0.3 is 10.5 Å². The van der Waals surface area contributed by atoms with E-state index in [4.69, 9.17) is 5.73 Å². The third kappa shape index (κ3) is 2.58. The molecule has 4 heteroatoms. The Hall–Kier alpha value is -1.84. The van der Waals surface area contributed by atoms with Crippen molar-refractivity contribution in [2.45, 2.75) is 6.42 Å². The van der Waals surface area contributed by atoms with Gasteiger partial charge >= 0.3 is 5.97 Å². The molecule has 74 valence electrons. The Morgan fingerprint density at radius 2 is 1.86 bits per heavy atom. The first-order valence-electron chi connectivity index (χ1n) is 4.09. The molecule has 0 unspecified atom stereocenters. The fourth-order valence-corrected chi connectivity index (χ4v) is 0.974. The van der Waals surface area contributed by atoms with Gasteiger partial charge in [-0.1, -0.05) is 0 Å². The lowest BCUT2D eigenvalue weighted by molar-refractivity contribution is -0.139. The van der Waals surface area contributed by atoms with E-state index in [2.05, 4.69) is 4.74 Å². The predicted molar refractivity (Wildman–Crippen MR) is 51.8 cm³/mol. The molecule has 0 saturated heterocycles. The highest BCUT2D eigenvalue weighted by Crippen LogP contribution is 2.08. The molecular weight excluding hydrogens is 182 g/mol. The van der Waals surface area contributed by atoms with Crippen LogP contribution < -0.4 is 5.73 Å². The van der Waals surface area contributed by atoms with Crippen LogP contribution in [0, 0.1) is 0 Å². The van der Waals surface area contributed by atoms with Crippen molar-refractivity contribution in [1.29, 1.82) is 0 Å². The summed E-state index contributed by atoms with van der Waals surface area (Å²) in [4.78, 5) is 22.2. The normalized spacial score (nSPS) is 9.50. The number of nitrogens with two attached hydrogens (primary N) is 1. The van der Waals surface area contributed by atoms with Gasteiger partial charge in [-0.15, -0.1) is 0 Å². The standard InChI is InChI=1S/C10H11NO3/c1-14-10(13)6-9(12)7-2-4-8(11)5-3-7/h2-5H,6,11H2,1H3. The Morgan fingerprint density at radius 3 is 2.36 bits per heavy atom. The second kappa shape index (κ2) is 4.41. The zero-order valence-corrected chi connectivity index (χ0v) is 7.82. The Morgan fingerprint density at radius 1 is 1.29 bits per heavy atom. The lowest BCUT2D eigenvalue weighted by atomic mass is 10.1. The van der Waals surface area contributed by atoms with Crippen LogP contribution >= 0.6 is 0 Å². The number of esters is 1. The molecule has 0 aliphatic heterocycles. The van der Waals surface area contributed by atoms with E-state index in [9.17, 15) is 9.59 Å². The van der Waals surface area contributed by atoms with Crippen molar-refractivity contribution in [3.05, 3.63) is 29.8 Å². The highest BCUT2D eigenvalue weighted by molar-refractivity contribution is 6.06. The fourth-order valence-electron chi connectivity index (χ4n) is 0.974. The number of benzene rings is 1. The molecule has 2 N–H and O–H groups in total. The van der Waals surface area contributed by atoms with Crippen LogP contribution in [0.1, 0.15) is 16.8 Å². The molecule has 0 atom stereocenters. The molecule has 0 fully saturated rings. The van der Waals surface area contributed by atoms with E-state index in [0.717, 1.165) is 0 Å². The van der Waals surface area contributed by atoms with E-state index in [-0.39, 0.29) is 12.2 Å². The molecule has 1 aromatic carbocycles. The van der Waals surface area contributed by atoms with Gasteiger partial charge in [0.25, 0.3) is 0 Å². The number of hydrogen-bond acceptors (Lipinski definition) is 4. The first-order valence-corrected chi connectivity index (χ1v) is 4.09. The predicted octanol–water partition coefficient (Wildman–Crippen LogP) is 1.01. The van der Waals surface area contributed by atoms with Gasteiger partial charge in [0.1, 0.15) is 6.42 Å². The molecule has 0 aliphatic rings. The molecule has 0 bridgehead atoms. The number of hydrogen-bond donors (Lipinski definition) is 1. The minimum atomic E-state index is -0.535. The molecule has 0 aliphatic carbocycles. The van der Waals surface area contributed by atoms with Crippen LogP contribution in [0.15, 0.2) is 24.3 Å². The maximum Gasteiger partial charge on any atom is 0.313 e. The third-order valence-corrected chi connectivity index (χ3v) is 1.77. The average Bonchev–Trinajstić information content (AvgIpc) is 2.18. The first-order chi connectivity index (χ1) is 6.63. The zero-order chi connectivity index (χ0) is 10.6. The molecule has 14 heavy (non-hydrogen) atoms. The second-order valence-corrected chi connectivity index (χ2v) is 2.80. The van der Waals surface area contributed by atoms with Gasteiger partial charge in [-0.25, -0.2) is 0 Å². The lowest BCUT2D eigenvalue weighted by Gasteiger charge is -2.00. The molecule has 0 saturated carbocycles. The van der Waals surface area contributed by atoms with E-state index < -0.39 is 5.97 Å². The number of Topliss-reactive ketones (excluding diaryl/α,β-unsaturated/α-hetero) is 1. The van der Waals surface area contributed by atoms with Gasteiger partial charge in [0.05, 0.1) is 7.11 Å². The number of rotatable bonds is 3. The molecule has 4 nitrogen and oxygen atoms in total. The van der Waals surface area contributed by atoms with Crippen LogP contribution in [0.2, 0.25) is 0 Å². The number of anilines is 1. The fraction of sp³-hybridized carbons (Fsp3) is 0.200. The molecule has 0 amide bonds. The van der Waals surface area contributed by atoms with Gasteiger partial charge in [0.15, 0.2) is 5.78 Å². The number of nitrogen functional groups attached to an aromatic ring is 1. The number of ketones is 1. The minimum Gasteiger partial charge on any atom is -0.469 e. The zero-order valence-electron chi connectivity index (χ0n) is 7.82. The van der Waals surface area contributed by atoms with Gasteiger partial charge in [-0.3, -0.25) is 9.59 Å². The molecule has 1 rings (SSSR count). The van der Waals surface area contributed by atoms with Gasteiger partial charge in [-0.05, 0) is 24.3 Å².